The molecule has 1 aromatic rings. The first-order valence-electron chi connectivity index (χ1n) is 6.83. The summed E-state index contributed by atoms with van der Waals surface area (Å²) in [5, 5.41) is 5.17. The molecule has 1 aromatic carbocycles. The zero-order valence-corrected chi connectivity index (χ0v) is 13.0. The average molecular weight is 298 g/mol. The van der Waals surface area contributed by atoms with Crippen LogP contribution in [-0.2, 0) is 21.2 Å². The molecule has 2 rings (SSSR count). The number of nitrogens with two attached hydrogens (primary N) is 1. The normalized spacial score (nSPS) is 18.6. The Balaban J connectivity index is 2.17. The number of fused-ring (bicyclic) bond motifs is 1. The predicted molar refractivity (Wildman–Crippen MR) is 79.4 cm³/mol. The third kappa shape index (κ3) is 3.31. The lowest BCUT2D eigenvalue weighted by Gasteiger charge is -2.25. The lowest BCUT2D eigenvalue weighted by Crippen LogP contribution is -2.33. The first-order chi connectivity index (χ1) is 9.29. The fraction of sp³-hybridized carbons (Fsp3) is 0.571. The molecule has 0 fully saturated rings. The molecular formula is C14H22N2O3S. The van der Waals surface area contributed by atoms with Crippen LogP contribution in [0.1, 0.15) is 26.3 Å². The second-order valence-electron chi connectivity index (χ2n) is 5.50. The van der Waals surface area contributed by atoms with E-state index < -0.39 is 10.0 Å². The average Bonchev–Trinajstić information content (AvgIpc) is 2.63. The van der Waals surface area contributed by atoms with Crippen LogP contribution >= 0.6 is 0 Å². The number of primary sulfonamides is 1. The van der Waals surface area contributed by atoms with E-state index in [-0.39, 0.29) is 11.0 Å². The second kappa shape index (κ2) is 5.71. The smallest absolute Gasteiger partial charge is 0.238 e. The van der Waals surface area contributed by atoms with Crippen molar-refractivity contribution in [1.29, 1.82) is 0 Å². The third-order valence-corrected chi connectivity index (χ3v) is 4.43. The first-order valence-corrected chi connectivity index (χ1v) is 8.37. The monoisotopic (exact) mass is 298 g/mol. The molecule has 1 aliphatic heterocycles. The van der Waals surface area contributed by atoms with Gasteiger partial charge in [-0.15, -0.1) is 0 Å². The van der Waals surface area contributed by atoms with Crippen LogP contribution in [0.4, 0.5) is 5.69 Å². The standard InChI is InChI=1S/C14H22N2O3S/c1-10(2)19-7-6-16-11(3)8-12-9-13(20(15,17)18)4-5-14(12)16/h4-5,9-11H,6-8H2,1-3H3,(H2,15,17,18)/t11-/m1/s1. The summed E-state index contributed by atoms with van der Waals surface area (Å²) in [4.78, 5) is 2.44. The number of anilines is 1. The van der Waals surface area contributed by atoms with E-state index in [1.54, 1.807) is 12.1 Å². The van der Waals surface area contributed by atoms with Gasteiger partial charge in [-0.2, -0.15) is 0 Å². The Morgan fingerprint density at radius 3 is 2.75 bits per heavy atom. The van der Waals surface area contributed by atoms with Crippen LogP contribution in [0.5, 0.6) is 0 Å². The Labute approximate surface area is 120 Å². The number of rotatable bonds is 5. The maximum Gasteiger partial charge on any atom is 0.238 e. The molecule has 0 radical (unpaired) electrons. The van der Waals surface area contributed by atoms with Crippen molar-refractivity contribution in [2.75, 3.05) is 18.1 Å². The molecule has 112 valence electrons. The van der Waals surface area contributed by atoms with Crippen molar-refractivity contribution >= 4 is 15.7 Å². The minimum atomic E-state index is -3.63. The van der Waals surface area contributed by atoms with Gasteiger partial charge >= 0.3 is 0 Å². The molecule has 5 nitrogen and oxygen atoms in total. The molecule has 0 unspecified atom stereocenters. The minimum Gasteiger partial charge on any atom is -0.377 e. The van der Waals surface area contributed by atoms with Crippen LogP contribution in [0.15, 0.2) is 23.1 Å². The molecule has 0 bridgehead atoms. The molecule has 20 heavy (non-hydrogen) atoms. The molecule has 0 saturated carbocycles. The SMILES string of the molecule is CC(C)OCCN1c2ccc(S(N)(=O)=O)cc2C[C@H]1C. The lowest BCUT2D eigenvalue weighted by atomic mass is 10.1. The van der Waals surface area contributed by atoms with Gasteiger partial charge in [-0.05, 0) is 51.0 Å². The van der Waals surface area contributed by atoms with Crippen molar-refractivity contribution in [2.45, 2.75) is 44.2 Å². The number of hydrogen-bond acceptors (Lipinski definition) is 4. The Bertz CT molecular complexity index is 584. The summed E-state index contributed by atoms with van der Waals surface area (Å²) in [7, 11) is -3.63. The van der Waals surface area contributed by atoms with Crippen molar-refractivity contribution in [1.82, 2.24) is 0 Å². The summed E-state index contributed by atoms with van der Waals surface area (Å²) in [5.74, 6) is 0. The fourth-order valence-electron chi connectivity index (χ4n) is 2.58. The van der Waals surface area contributed by atoms with E-state index >= 15 is 0 Å². The van der Waals surface area contributed by atoms with E-state index in [0.717, 1.165) is 24.2 Å². The van der Waals surface area contributed by atoms with Crippen molar-refractivity contribution in [2.24, 2.45) is 5.14 Å². The van der Waals surface area contributed by atoms with Crippen LogP contribution in [-0.4, -0.2) is 33.7 Å². The zero-order valence-electron chi connectivity index (χ0n) is 12.2. The molecule has 6 heteroatoms. The number of benzene rings is 1. The quantitative estimate of drug-likeness (QED) is 0.894. The largest absolute Gasteiger partial charge is 0.377 e. The van der Waals surface area contributed by atoms with Crippen molar-refractivity contribution in [3.05, 3.63) is 23.8 Å². The molecule has 0 aromatic heterocycles. The summed E-state index contributed by atoms with van der Waals surface area (Å²) >= 11 is 0. The summed E-state index contributed by atoms with van der Waals surface area (Å²) in [6.45, 7) is 7.63. The van der Waals surface area contributed by atoms with E-state index in [0.29, 0.717) is 12.6 Å². The summed E-state index contributed by atoms with van der Waals surface area (Å²) in [5.41, 5.74) is 2.12. The van der Waals surface area contributed by atoms with E-state index in [9.17, 15) is 8.42 Å². The topological polar surface area (TPSA) is 72.6 Å². The summed E-state index contributed by atoms with van der Waals surface area (Å²) in [6.07, 6.45) is 1.05. The van der Waals surface area contributed by atoms with Crippen molar-refractivity contribution < 1.29 is 13.2 Å². The first kappa shape index (κ1) is 15.3. The summed E-state index contributed by atoms with van der Waals surface area (Å²) in [6, 6.07) is 5.44. The summed E-state index contributed by atoms with van der Waals surface area (Å²) < 4.78 is 28.4. The zero-order chi connectivity index (χ0) is 14.9. The number of ether oxygens (including phenoxy) is 1. The van der Waals surface area contributed by atoms with Crippen molar-refractivity contribution in [3.8, 4) is 0 Å². The van der Waals surface area contributed by atoms with Gasteiger partial charge in [0, 0.05) is 18.3 Å². The van der Waals surface area contributed by atoms with Gasteiger partial charge in [-0.3, -0.25) is 0 Å². The van der Waals surface area contributed by atoms with Crippen molar-refractivity contribution in [3.63, 3.8) is 0 Å². The molecule has 0 amide bonds. The van der Waals surface area contributed by atoms with Gasteiger partial charge < -0.3 is 9.64 Å². The lowest BCUT2D eigenvalue weighted by molar-refractivity contribution is 0.0835. The minimum absolute atomic E-state index is 0.184. The van der Waals surface area contributed by atoms with Gasteiger partial charge in [0.1, 0.15) is 0 Å². The highest BCUT2D eigenvalue weighted by atomic mass is 32.2. The molecule has 0 spiro atoms. The molecule has 1 heterocycles. The fourth-order valence-corrected chi connectivity index (χ4v) is 3.14. The van der Waals surface area contributed by atoms with Gasteiger partial charge in [0.15, 0.2) is 0 Å². The van der Waals surface area contributed by atoms with Crippen LogP contribution in [0.3, 0.4) is 0 Å². The van der Waals surface area contributed by atoms with Gasteiger partial charge in [0.05, 0.1) is 17.6 Å². The molecule has 0 saturated heterocycles. The number of hydrogen-bond donors (Lipinski definition) is 1. The van der Waals surface area contributed by atoms with E-state index in [1.165, 1.54) is 0 Å². The molecule has 1 atom stereocenters. The number of nitrogens with zero attached hydrogens (tertiary/aromatic N) is 1. The molecule has 2 N–H and O–H groups in total. The Kier molecular flexibility index (Phi) is 4.36. The predicted octanol–water partition coefficient (Wildman–Crippen LogP) is 1.51. The highest BCUT2D eigenvalue weighted by Crippen LogP contribution is 2.33. The van der Waals surface area contributed by atoms with E-state index in [4.69, 9.17) is 9.88 Å². The van der Waals surface area contributed by atoms with Gasteiger partial charge in [-0.25, -0.2) is 13.6 Å². The van der Waals surface area contributed by atoms with Crippen LogP contribution in [0, 0.1) is 0 Å². The maximum atomic E-state index is 11.4. The van der Waals surface area contributed by atoms with Gasteiger partial charge in [0.2, 0.25) is 10.0 Å². The number of sulfonamides is 1. The molecular weight excluding hydrogens is 276 g/mol. The van der Waals surface area contributed by atoms with E-state index in [1.807, 2.05) is 19.9 Å². The Morgan fingerprint density at radius 1 is 1.45 bits per heavy atom. The van der Waals surface area contributed by atoms with Gasteiger partial charge in [0.25, 0.3) is 0 Å². The highest BCUT2D eigenvalue weighted by Gasteiger charge is 2.26. The van der Waals surface area contributed by atoms with Crippen LogP contribution in [0.25, 0.3) is 0 Å². The third-order valence-electron chi connectivity index (χ3n) is 3.52. The maximum absolute atomic E-state index is 11.4. The van der Waals surface area contributed by atoms with Crippen LogP contribution < -0.4 is 10.0 Å². The second-order valence-corrected chi connectivity index (χ2v) is 7.06. The Morgan fingerprint density at radius 2 is 2.15 bits per heavy atom. The molecule has 0 aliphatic carbocycles. The van der Waals surface area contributed by atoms with Gasteiger partial charge in [-0.1, -0.05) is 0 Å². The molecule has 1 aliphatic rings. The van der Waals surface area contributed by atoms with E-state index in [2.05, 4.69) is 11.8 Å². The highest BCUT2D eigenvalue weighted by molar-refractivity contribution is 7.89. The van der Waals surface area contributed by atoms with Crippen LogP contribution in [0.2, 0.25) is 0 Å². The Hall–Kier alpha value is -1.11.